The summed E-state index contributed by atoms with van der Waals surface area (Å²) >= 11 is 0. The van der Waals surface area contributed by atoms with Crippen LogP contribution in [0.25, 0.3) is 0 Å². The first-order valence-electron chi connectivity index (χ1n) is 13.5. The molecule has 16 heteroatoms. The fourth-order valence-electron chi connectivity index (χ4n) is 6.97. The van der Waals surface area contributed by atoms with Crippen molar-refractivity contribution in [3.05, 3.63) is 65.0 Å². The number of nitrogens with one attached hydrogen (secondary N) is 1. The van der Waals surface area contributed by atoms with E-state index < -0.39 is 79.9 Å². The molecule has 1 heterocycles. The molecule has 2 aromatic rings. The lowest BCUT2D eigenvalue weighted by atomic mass is 9.74. The number of amides is 2. The van der Waals surface area contributed by atoms with Crippen molar-refractivity contribution in [2.24, 2.45) is 5.92 Å². The predicted octanol–water partition coefficient (Wildman–Crippen LogP) is 4.22. The highest BCUT2D eigenvalue weighted by atomic mass is 32.2. The van der Waals surface area contributed by atoms with Crippen molar-refractivity contribution in [2.45, 2.75) is 78.0 Å². The Hall–Kier alpha value is -3.27. The molecule has 2 fully saturated rings. The normalized spacial score (nSPS) is 27.7. The molecule has 3 aliphatic rings. The molecule has 1 aliphatic heterocycles. The number of hydrogen-bond acceptors (Lipinski definition) is 5. The molecule has 2 N–H and O–H groups in total. The first-order valence-corrected chi connectivity index (χ1v) is 15.0. The maximum atomic E-state index is 15.0. The minimum atomic E-state index is -6.38. The lowest BCUT2D eigenvalue weighted by molar-refractivity contribution is -0.348. The molecule has 0 aromatic heterocycles. The summed E-state index contributed by atoms with van der Waals surface area (Å²) in [6, 6.07) is 3.19. The number of aliphatic hydroxyl groups excluding tert-OH is 1. The van der Waals surface area contributed by atoms with Crippen molar-refractivity contribution in [3.63, 3.8) is 0 Å². The average molecular weight is 655 g/mol. The Labute approximate surface area is 246 Å². The van der Waals surface area contributed by atoms with Crippen LogP contribution in [-0.4, -0.2) is 67.8 Å². The largest absolute Gasteiger partial charge is 0.435 e. The zero-order chi connectivity index (χ0) is 32.6. The van der Waals surface area contributed by atoms with Gasteiger partial charge in [-0.3, -0.25) is 9.59 Å². The highest BCUT2D eigenvalue weighted by molar-refractivity contribution is 7.92. The van der Waals surface area contributed by atoms with Crippen molar-refractivity contribution in [2.75, 3.05) is 7.05 Å². The Bertz CT molecular complexity index is 1580. The summed E-state index contributed by atoms with van der Waals surface area (Å²) in [5, 5.41) is 12.6. The number of alkyl halides is 7. The van der Waals surface area contributed by atoms with Gasteiger partial charge in [-0.2, -0.15) is 26.3 Å². The van der Waals surface area contributed by atoms with Gasteiger partial charge in [-0.1, -0.05) is 18.2 Å². The van der Waals surface area contributed by atoms with Gasteiger partial charge in [-0.05, 0) is 61.1 Å². The van der Waals surface area contributed by atoms with Crippen LogP contribution in [0, 0.1) is 11.7 Å². The van der Waals surface area contributed by atoms with Gasteiger partial charge < -0.3 is 15.3 Å². The maximum Gasteiger partial charge on any atom is 0.435 e. The zero-order valence-electron chi connectivity index (χ0n) is 22.8. The monoisotopic (exact) mass is 654 g/mol. The molecule has 0 radical (unpaired) electrons. The summed E-state index contributed by atoms with van der Waals surface area (Å²) in [6.45, 7) is 0. The van der Waals surface area contributed by atoms with E-state index in [1.54, 1.807) is 0 Å². The van der Waals surface area contributed by atoms with Gasteiger partial charge in [0, 0.05) is 31.0 Å². The SMILES string of the molecule is CN1C(=O)[C@H](O)C[C@H]1C(=O)N[C@@H]1CC[C@@]2(S(=O)(=O)c3ccc(F)cc3)c3ccc(C(F)(C(F)(F)F)C(F)(F)F)cc3CC[C@@H]12. The van der Waals surface area contributed by atoms with Gasteiger partial charge in [0.15, 0.2) is 9.84 Å². The second-order valence-electron chi connectivity index (χ2n) is 11.4. The van der Waals surface area contributed by atoms with Crippen LogP contribution in [0.5, 0.6) is 0 Å². The van der Waals surface area contributed by atoms with E-state index in [1.165, 1.54) is 7.05 Å². The van der Waals surface area contributed by atoms with Crippen LogP contribution < -0.4 is 5.32 Å². The van der Waals surface area contributed by atoms with E-state index in [4.69, 9.17) is 0 Å². The van der Waals surface area contributed by atoms with Crippen molar-refractivity contribution in [1.29, 1.82) is 0 Å². The van der Waals surface area contributed by atoms with E-state index in [-0.39, 0.29) is 54.2 Å². The van der Waals surface area contributed by atoms with Gasteiger partial charge in [-0.15, -0.1) is 0 Å². The van der Waals surface area contributed by atoms with Crippen LogP contribution >= 0.6 is 0 Å². The van der Waals surface area contributed by atoms with E-state index >= 15 is 0 Å². The van der Waals surface area contributed by atoms with E-state index in [2.05, 4.69) is 5.32 Å². The van der Waals surface area contributed by atoms with E-state index in [1.807, 2.05) is 0 Å². The fraction of sp³-hybridized carbons (Fsp3) is 0.500. The molecular formula is C28H26F8N2O5S. The third-order valence-corrected chi connectivity index (χ3v) is 11.7. The number of hydrogen-bond donors (Lipinski definition) is 2. The second kappa shape index (κ2) is 10.4. The molecular weight excluding hydrogens is 628 g/mol. The number of nitrogens with zero attached hydrogens (tertiary/aromatic N) is 1. The lowest BCUT2D eigenvalue weighted by Crippen LogP contribution is -2.52. The number of aryl methyl sites for hydroxylation is 1. The Morgan fingerprint density at radius 2 is 1.61 bits per heavy atom. The highest BCUT2D eigenvalue weighted by Crippen LogP contribution is 2.59. The molecule has 2 aliphatic carbocycles. The number of sulfone groups is 1. The topological polar surface area (TPSA) is 104 Å². The number of rotatable bonds is 5. The molecule has 2 aromatic carbocycles. The van der Waals surface area contributed by atoms with Gasteiger partial charge in [0.2, 0.25) is 5.91 Å². The summed E-state index contributed by atoms with van der Waals surface area (Å²) in [4.78, 5) is 25.9. The van der Waals surface area contributed by atoms with Crippen LogP contribution in [0.15, 0.2) is 47.4 Å². The Morgan fingerprint density at radius 3 is 2.16 bits per heavy atom. The fourth-order valence-corrected chi connectivity index (χ4v) is 9.44. The number of likely N-dealkylation sites (N-methyl/N-ethyl adjacent to an activating group) is 1. The Morgan fingerprint density at radius 1 is 1.00 bits per heavy atom. The standard InChI is InChI=1S/C28H26F8N2O5S/c1-38-21(13-22(39)24(38)41)23(40)37-20-10-11-25(44(42,43)17-6-4-16(29)5-7-17)18-9-3-15(12-14(18)2-8-19(20)25)26(30,27(31,32)33)28(34,35)36/h3-7,9,12,19-22,39H,2,8,10-11,13H2,1H3,(H,37,40)/t19-,20+,21-,22+,25+/m0/s1. The summed E-state index contributed by atoms with van der Waals surface area (Å²) < 4.78 is 136. The van der Waals surface area contributed by atoms with Crippen molar-refractivity contribution >= 4 is 21.7 Å². The van der Waals surface area contributed by atoms with Crippen LogP contribution in [0.2, 0.25) is 0 Å². The van der Waals surface area contributed by atoms with Crippen LogP contribution in [0.1, 0.15) is 42.4 Å². The number of carbonyl (C=O) groups is 2. The van der Waals surface area contributed by atoms with Crippen LogP contribution in [0.4, 0.5) is 35.1 Å². The molecule has 0 spiro atoms. The Kier molecular flexibility index (Phi) is 7.59. The van der Waals surface area contributed by atoms with E-state index in [0.717, 1.165) is 35.2 Å². The number of fused-ring (bicyclic) bond motifs is 3. The average Bonchev–Trinajstić information content (AvgIpc) is 3.44. The van der Waals surface area contributed by atoms with E-state index in [9.17, 15) is 58.2 Å². The summed E-state index contributed by atoms with van der Waals surface area (Å²) in [5.41, 5.74) is -7.86. The molecule has 44 heavy (non-hydrogen) atoms. The summed E-state index contributed by atoms with van der Waals surface area (Å²) in [6.07, 6.45) is -15.0. The van der Waals surface area contributed by atoms with Crippen molar-refractivity contribution < 1.29 is 58.2 Å². The maximum absolute atomic E-state index is 15.0. The third-order valence-electron chi connectivity index (χ3n) is 9.16. The molecule has 240 valence electrons. The first-order chi connectivity index (χ1) is 20.3. The molecule has 0 unspecified atom stereocenters. The number of aliphatic hydroxyl groups is 1. The van der Waals surface area contributed by atoms with Crippen LogP contribution in [0.3, 0.4) is 0 Å². The Balaban J connectivity index is 1.62. The van der Waals surface area contributed by atoms with Crippen molar-refractivity contribution in [1.82, 2.24) is 10.2 Å². The van der Waals surface area contributed by atoms with Crippen LogP contribution in [-0.2, 0) is 36.3 Å². The highest BCUT2D eigenvalue weighted by Gasteiger charge is 2.74. The summed E-state index contributed by atoms with van der Waals surface area (Å²) in [7, 11) is -3.26. The smallest absolute Gasteiger partial charge is 0.383 e. The quantitative estimate of drug-likeness (QED) is 0.372. The number of benzene rings is 2. The molecule has 1 saturated carbocycles. The molecule has 0 bridgehead atoms. The van der Waals surface area contributed by atoms with Gasteiger partial charge in [-0.25, -0.2) is 17.2 Å². The summed E-state index contributed by atoms with van der Waals surface area (Å²) in [5.74, 6) is -3.10. The van der Waals surface area contributed by atoms with Crippen molar-refractivity contribution in [3.8, 4) is 0 Å². The lowest BCUT2D eigenvalue weighted by Gasteiger charge is -2.43. The van der Waals surface area contributed by atoms with Gasteiger partial charge in [0.05, 0.1) is 4.90 Å². The van der Waals surface area contributed by atoms with Gasteiger partial charge in [0.25, 0.3) is 5.91 Å². The van der Waals surface area contributed by atoms with Gasteiger partial charge >= 0.3 is 18.0 Å². The van der Waals surface area contributed by atoms with E-state index in [0.29, 0.717) is 6.07 Å². The second-order valence-corrected chi connectivity index (χ2v) is 13.6. The van der Waals surface area contributed by atoms with Gasteiger partial charge in [0.1, 0.15) is 22.7 Å². The minimum Gasteiger partial charge on any atom is -0.383 e. The number of likely N-dealkylation sites (tertiary alicyclic amines) is 1. The number of carbonyl (C=O) groups excluding carboxylic acids is 2. The zero-order valence-corrected chi connectivity index (χ0v) is 23.7. The minimum absolute atomic E-state index is 0.00308. The molecule has 5 rings (SSSR count). The predicted molar refractivity (Wildman–Crippen MR) is 137 cm³/mol. The number of halogens is 8. The molecule has 5 atom stereocenters. The molecule has 1 saturated heterocycles. The first kappa shape index (κ1) is 32.1. The third kappa shape index (κ3) is 4.58. The molecule has 2 amide bonds. The molecule has 7 nitrogen and oxygen atoms in total.